The van der Waals surface area contributed by atoms with Crippen molar-refractivity contribution < 1.29 is 19.1 Å². The number of benzene rings is 2. The van der Waals surface area contributed by atoms with Gasteiger partial charge >= 0.3 is 5.97 Å². The lowest BCUT2D eigenvalue weighted by Gasteiger charge is -2.15. The van der Waals surface area contributed by atoms with Gasteiger partial charge in [0.25, 0.3) is 0 Å². The van der Waals surface area contributed by atoms with Crippen LogP contribution in [0.4, 0.5) is 5.69 Å². The maximum atomic E-state index is 12.6. The number of carbonyl (C=O) groups excluding carboxylic acids is 3. The van der Waals surface area contributed by atoms with Gasteiger partial charge in [-0.25, -0.2) is 9.69 Å². The van der Waals surface area contributed by atoms with Gasteiger partial charge in [0.15, 0.2) is 0 Å². The van der Waals surface area contributed by atoms with Crippen molar-refractivity contribution >= 4 is 35.2 Å². The zero-order chi connectivity index (χ0) is 17.1. The molecule has 2 aromatic rings. The Balaban J connectivity index is 1.84. The summed E-state index contributed by atoms with van der Waals surface area (Å²) in [6.45, 7) is 0. The summed E-state index contributed by atoms with van der Waals surface area (Å²) in [5.41, 5.74) is 0.959. The van der Waals surface area contributed by atoms with Crippen molar-refractivity contribution in [2.24, 2.45) is 0 Å². The molecule has 0 aromatic heterocycles. The molecule has 2 amide bonds. The van der Waals surface area contributed by atoms with Crippen LogP contribution in [0, 0.1) is 0 Å². The van der Waals surface area contributed by atoms with Crippen LogP contribution in [-0.4, -0.2) is 30.1 Å². The van der Waals surface area contributed by atoms with E-state index in [0.29, 0.717) is 16.1 Å². The molecular formula is C18H15NO4S. The highest BCUT2D eigenvalue weighted by molar-refractivity contribution is 8.00. The lowest BCUT2D eigenvalue weighted by molar-refractivity contribution is -0.121. The molecule has 1 aliphatic rings. The summed E-state index contributed by atoms with van der Waals surface area (Å²) >= 11 is 1.22. The smallest absolute Gasteiger partial charge is 0.338 e. The third-order valence-corrected chi connectivity index (χ3v) is 4.94. The molecule has 0 aliphatic carbocycles. The molecule has 6 heteroatoms. The molecule has 0 N–H and O–H groups in total. The second-order valence-corrected chi connectivity index (χ2v) is 6.45. The van der Waals surface area contributed by atoms with Crippen molar-refractivity contribution in [1.82, 2.24) is 0 Å². The predicted molar refractivity (Wildman–Crippen MR) is 91.0 cm³/mol. The van der Waals surface area contributed by atoms with Crippen molar-refractivity contribution in [1.29, 1.82) is 0 Å². The van der Waals surface area contributed by atoms with Crippen LogP contribution in [0.25, 0.3) is 0 Å². The van der Waals surface area contributed by atoms with E-state index in [4.69, 9.17) is 4.74 Å². The number of carbonyl (C=O) groups is 3. The molecule has 1 saturated heterocycles. The highest BCUT2D eigenvalue weighted by Gasteiger charge is 2.40. The summed E-state index contributed by atoms with van der Waals surface area (Å²) in [5.74, 6) is -0.968. The lowest BCUT2D eigenvalue weighted by atomic mass is 10.2. The number of imide groups is 1. The number of esters is 1. The molecule has 1 atom stereocenters. The van der Waals surface area contributed by atoms with Gasteiger partial charge in [0.05, 0.1) is 23.6 Å². The van der Waals surface area contributed by atoms with Gasteiger partial charge in [-0.1, -0.05) is 30.3 Å². The second-order valence-electron chi connectivity index (χ2n) is 5.20. The van der Waals surface area contributed by atoms with Crippen LogP contribution in [0.3, 0.4) is 0 Å². The molecule has 0 saturated carbocycles. The number of para-hydroxylation sites is 1. The number of thioether (sulfide) groups is 1. The van der Waals surface area contributed by atoms with Crippen LogP contribution in [0.15, 0.2) is 59.5 Å². The van der Waals surface area contributed by atoms with Gasteiger partial charge < -0.3 is 4.74 Å². The third-order valence-electron chi connectivity index (χ3n) is 3.68. The minimum atomic E-state index is -0.552. The summed E-state index contributed by atoms with van der Waals surface area (Å²) in [5, 5.41) is -0.552. The normalized spacial score (nSPS) is 17.2. The number of anilines is 1. The Bertz CT molecular complexity index is 791. The largest absolute Gasteiger partial charge is 0.465 e. The molecule has 1 aliphatic heterocycles. The van der Waals surface area contributed by atoms with E-state index in [1.165, 1.54) is 23.8 Å². The summed E-state index contributed by atoms with van der Waals surface area (Å²) in [6, 6.07) is 15.7. The van der Waals surface area contributed by atoms with Gasteiger partial charge in [-0.2, -0.15) is 0 Å². The maximum absolute atomic E-state index is 12.6. The standard InChI is InChI=1S/C18H15NO4S/c1-23-18(22)13-9-5-6-10-14(13)24-15-11-16(20)19(17(15)21)12-7-3-2-4-8-12/h2-10,15H,11H2,1H3/t15-/m1/s1. The van der Waals surface area contributed by atoms with Crippen LogP contribution >= 0.6 is 11.8 Å². The highest BCUT2D eigenvalue weighted by Crippen LogP contribution is 2.35. The first kappa shape index (κ1) is 16.3. The first-order valence-corrected chi connectivity index (χ1v) is 8.25. The Hall–Kier alpha value is -2.60. The van der Waals surface area contributed by atoms with Crippen molar-refractivity contribution in [2.45, 2.75) is 16.6 Å². The molecular weight excluding hydrogens is 326 g/mol. The fourth-order valence-corrected chi connectivity index (χ4v) is 3.72. The highest BCUT2D eigenvalue weighted by atomic mass is 32.2. The number of nitrogens with zero attached hydrogens (tertiary/aromatic N) is 1. The van der Waals surface area contributed by atoms with Crippen LogP contribution in [-0.2, 0) is 14.3 Å². The second kappa shape index (κ2) is 6.88. The Morgan fingerprint density at radius 3 is 2.46 bits per heavy atom. The average Bonchev–Trinajstić information content (AvgIpc) is 2.89. The van der Waals surface area contributed by atoms with Gasteiger partial charge in [0, 0.05) is 11.3 Å². The van der Waals surface area contributed by atoms with E-state index < -0.39 is 11.2 Å². The van der Waals surface area contributed by atoms with Crippen molar-refractivity contribution in [3.63, 3.8) is 0 Å². The molecule has 0 spiro atoms. The number of hydrogen-bond donors (Lipinski definition) is 0. The fourth-order valence-electron chi connectivity index (χ4n) is 2.55. The SMILES string of the molecule is COC(=O)c1ccccc1S[C@@H]1CC(=O)N(c2ccccc2)C1=O. The average molecular weight is 341 g/mol. The molecule has 5 nitrogen and oxygen atoms in total. The number of hydrogen-bond acceptors (Lipinski definition) is 5. The van der Waals surface area contributed by atoms with E-state index in [1.807, 2.05) is 6.07 Å². The first-order chi connectivity index (χ1) is 11.6. The van der Waals surface area contributed by atoms with E-state index >= 15 is 0 Å². The third kappa shape index (κ3) is 3.05. The topological polar surface area (TPSA) is 63.7 Å². The molecule has 3 rings (SSSR count). The van der Waals surface area contributed by atoms with Gasteiger partial charge in [-0.05, 0) is 24.3 Å². The first-order valence-electron chi connectivity index (χ1n) is 7.37. The minimum Gasteiger partial charge on any atom is -0.465 e. The Labute approximate surface area is 143 Å². The molecule has 2 aromatic carbocycles. The van der Waals surface area contributed by atoms with E-state index in [9.17, 15) is 14.4 Å². The van der Waals surface area contributed by atoms with E-state index in [-0.39, 0.29) is 18.2 Å². The van der Waals surface area contributed by atoms with Gasteiger partial charge in [-0.3, -0.25) is 9.59 Å². The molecule has 24 heavy (non-hydrogen) atoms. The molecule has 122 valence electrons. The fraction of sp³-hybridized carbons (Fsp3) is 0.167. The zero-order valence-corrected chi connectivity index (χ0v) is 13.8. The zero-order valence-electron chi connectivity index (χ0n) is 13.0. The van der Waals surface area contributed by atoms with Crippen LogP contribution in [0.2, 0.25) is 0 Å². The monoisotopic (exact) mass is 341 g/mol. The molecule has 0 unspecified atom stereocenters. The van der Waals surface area contributed by atoms with Crippen LogP contribution in [0.1, 0.15) is 16.8 Å². The molecule has 1 heterocycles. The maximum Gasteiger partial charge on any atom is 0.338 e. The quantitative estimate of drug-likeness (QED) is 0.632. The predicted octanol–water partition coefficient (Wildman–Crippen LogP) is 2.90. The molecule has 1 fully saturated rings. The Morgan fingerprint density at radius 2 is 1.75 bits per heavy atom. The minimum absolute atomic E-state index is 0.105. The Morgan fingerprint density at radius 1 is 1.08 bits per heavy atom. The van der Waals surface area contributed by atoms with Gasteiger partial charge in [0.1, 0.15) is 0 Å². The van der Waals surface area contributed by atoms with Crippen molar-refractivity contribution in [3.8, 4) is 0 Å². The molecule has 0 radical (unpaired) electrons. The van der Waals surface area contributed by atoms with E-state index in [2.05, 4.69) is 0 Å². The van der Waals surface area contributed by atoms with Gasteiger partial charge in [-0.15, -0.1) is 11.8 Å². The molecule has 0 bridgehead atoms. The Kier molecular flexibility index (Phi) is 4.66. The van der Waals surface area contributed by atoms with E-state index in [1.54, 1.807) is 48.5 Å². The summed E-state index contributed by atoms with van der Waals surface area (Å²) in [4.78, 5) is 38.6. The van der Waals surface area contributed by atoms with Crippen molar-refractivity contribution in [3.05, 3.63) is 60.2 Å². The van der Waals surface area contributed by atoms with Crippen LogP contribution < -0.4 is 4.90 Å². The summed E-state index contributed by atoms with van der Waals surface area (Å²) < 4.78 is 4.77. The lowest BCUT2D eigenvalue weighted by Crippen LogP contribution is -2.31. The number of amides is 2. The van der Waals surface area contributed by atoms with Gasteiger partial charge in [0.2, 0.25) is 11.8 Å². The summed E-state index contributed by atoms with van der Waals surface area (Å²) in [6.07, 6.45) is 0.105. The van der Waals surface area contributed by atoms with E-state index in [0.717, 1.165) is 0 Å². The van der Waals surface area contributed by atoms with Crippen LogP contribution in [0.5, 0.6) is 0 Å². The number of methoxy groups -OCH3 is 1. The van der Waals surface area contributed by atoms with Crippen molar-refractivity contribution in [2.75, 3.05) is 12.0 Å². The number of ether oxygens (including phenoxy) is 1. The number of rotatable bonds is 4. The summed E-state index contributed by atoms with van der Waals surface area (Å²) in [7, 11) is 1.31.